The van der Waals surface area contributed by atoms with Gasteiger partial charge in [0, 0.05) is 19.2 Å². The van der Waals surface area contributed by atoms with Crippen molar-refractivity contribution in [2.24, 2.45) is 5.92 Å². The highest BCUT2D eigenvalue weighted by molar-refractivity contribution is 5.77. The first kappa shape index (κ1) is 14.5. The van der Waals surface area contributed by atoms with E-state index in [1.165, 1.54) is 0 Å². The molecule has 2 atom stereocenters. The van der Waals surface area contributed by atoms with Crippen LogP contribution >= 0.6 is 0 Å². The van der Waals surface area contributed by atoms with E-state index >= 15 is 0 Å². The van der Waals surface area contributed by atoms with E-state index in [0.717, 1.165) is 32.4 Å². The van der Waals surface area contributed by atoms with Crippen LogP contribution in [0.3, 0.4) is 0 Å². The van der Waals surface area contributed by atoms with Crippen LogP contribution in [0, 0.1) is 5.92 Å². The predicted molar refractivity (Wildman–Crippen MR) is 68.9 cm³/mol. The third kappa shape index (κ3) is 6.64. The number of carbonyl (C=O) groups excluding carboxylic acids is 1. The lowest BCUT2D eigenvalue weighted by Crippen LogP contribution is -2.43. The molecule has 0 aromatic rings. The zero-order valence-electron chi connectivity index (χ0n) is 11.3. The molecule has 1 fully saturated rings. The monoisotopic (exact) mass is 242 g/mol. The molecule has 17 heavy (non-hydrogen) atoms. The molecule has 1 aliphatic rings. The minimum Gasteiger partial charge on any atom is -0.378 e. The van der Waals surface area contributed by atoms with Crippen molar-refractivity contribution in [3.05, 3.63) is 0 Å². The van der Waals surface area contributed by atoms with Crippen molar-refractivity contribution < 1.29 is 9.53 Å². The smallest absolute Gasteiger partial charge is 0.233 e. The van der Waals surface area contributed by atoms with Gasteiger partial charge in [0.15, 0.2) is 0 Å². The SMILES string of the molecule is CC(C)CCNC(=O)CNC1CCOC(C)C1. The van der Waals surface area contributed by atoms with E-state index in [0.29, 0.717) is 24.6 Å². The van der Waals surface area contributed by atoms with Gasteiger partial charge in [-0.3, -0.25) is 4.79 Å². The van der Waals surface area contributed by atoms with Gasteiger partial charge in [-0.2, -0.15) is 0 Å². The summed E-state index contributed by atoms with van der Waals surface area (Å²) in [7, 11) is 0. The average Bonchev–Trinajstić information content (AvgIpc) is 2.26. The van der Waals surface area contributed by atoms with Crippen LogP contribution in [-0.2, 0) is 9.53 Å². The summed E-state index contributed by atoms with van der Waals surface area (Å²) in [4.78, 5) is 11.5. The highest BCUT2D eigenvalue weighted by Crippen LogP contribution is 2.12. The van der Waals surface area contributed by atoms with Crippen molar-refractivity contribution in [1.29, 1.82) is 0 Å². The first-order valence-electron chi connectivity index (χ1n) is 6.69. The van der Waals surface area contributed by atoms with Crippen molar-refractivity contribution in [2.75, 3.05) is 19.7 Å². The molecule has 0 radical (unpaired) electrons. The third-order valence-electron chi connectivity index (χ3n) is 3.08. The summed E-state index contributed by atoms with van der Waals surface area (Å²) < 4.78 is 5.47. The molecule has 2 unspecified atom stereocenters. The fraction of sp³-hybridized carbons (Fsp3) is 0.923. The molecular weight excluding hydrogens is 216 g/mol. The second-order valence-corrected chi connectivity index (χ2v) is 5.32. The normalized spacial score (nSPS) is 24.9. The molecule has 4 nitrogen and oxygen atoms in total. The number of ether oxygens (including phenoxy) is 1. The van der Waals surface area contributed by atoms with Crippen molar-refractivity contribution in [3.63, 3.8) is 0 Å². The lowest BCUT2D eigenvalue weighted by molar-refractivity contribution is -0.120. The van der Waals surface area contributed by atoms with Gasteiger partial charge in [-0.1, -0.05) is 13.8 Å². The Labute approximate surface area is 104 Å². The van der Waals surface area contributed by atoms with Gasteiger partial charge in [-0.15, -0.1) is 0 Å². The Hall–Kier alpha value is -0.610. The molecule has 1 saturated heterocycles. The molecule has 0 bridgehead atoms. The van der Waals surface area contributed by atoms with Gasteiger partial charge in [0.1, 0.15) is 0 Å². The van der Waals surface area contributed by atoms with Crippen molar-refractivity contribution in [3.8, 4) is 0 Å². The molecule has 1 amide bonds. The zero-order valence-corrected chi connectivity index (χ0v) is 11.3. The minimum absolute atomic E-state index is 0.102. The van der Waals surface area contributed by atoms with Gasteiger partial charge in [0.2, 0.25) is 5.91 Å². The molecule has 1 aliphatic heterocycles. The van der Waals surface area contributed by atoms with E-state index in [1.54, 1.807) is 0 Å². The maximum Gasteiger partial charge on any atom is 0.233 e. The maximum atomic E-state index is 11.5. The number of nitrogens with one attached hydrogen (secondary N) is 2. The first-order valence-corrected chi connectivity index (χ1v) is 6.69. The summed E-state index contributed by atoms with van der Waals surface area (Å²) in [5, 5.41) is 6.23. The maximum absolute atomic E-state index is 11.5. The van der Waals surface area contributed by atoms with E-state index in [-0.39, 0.29) is 5.91 Å². The van der Waals surface area contributed by atoms with Gasteiger partial charge >= 0.3 is 0 Å². The number of hydrogen-bond donors (Lipinski definition) is 2. The number of amides is 1. The Morgan fingerprint density at radius 3 is 2.88 bits per heavy atom. The molecule has 1 rings (SSSR count). The second kappa shape index (κ2) is 7.67. The molecule has 0 aromatic carbocycles. The van der Waals surface area contributed by atoms with Crippen LogP contribution in [0.4, 0.5) is 0 Å². The van der Waals surface area contributed by atoms with Crippen LogP contribution in [0.25, 0.3) is 0 Å². The Kier molecular flexibility index (Phi) is 6.52. The van der Waals surface area contributed by atoms with Gasteiger partial charge in [-0.05, 0) is 32.1 Å². The quantitative estimate of drug-likeness (QED) is 0.738. The van der Waals surface area contributed by atoms with Gasteiger partial charge < -0.3 is 15.4 Å². The van der Waals surface area contributed by atoms with Crippen LogP contribution < -0.4 is 10.6 Å². The van der Waals surface area contributed by atoms with Gasteiger partial charge in [0.25, 0.3) is 0 Å². The summed E-state index contributed by atoms with van der Waals surface area (Å²) >= 11 is 0. The average molecular weight is 242 g/mol. The number of hydrogen-bond acceptors (Lipinski definition) is 3. The standard InChI is InChI=1S/C13H26N2O2/c1-10(2)4-6-14-13(16)9-15-12-5-7-17-11(3)8-12/h10-12,15H,4-9H2,1-3H3,(H,14,16). The van der Waals surface area contributed by atoms with Crippen LogP contribution in [-0.4, -0.2) is 37.7 Å². The molecule has 0 aliphatic carbocycles. The van der Waals surface area contributed by atoms with Crippen molar-refractivity contribution >= 4 is 5.91 Å². The first-order chi connectivity index (χ1) is 8.08. The van der Waals surface area contributed by atoms with E-state index in [1.807, 2.05) is 0 Å². The highest BCUT2D eigenvalue weighted by Gasteiger charge is 2.19. The Morgan fingerprint density at radius 2 is 2.24 bits per heavy atom. The Balaban J connectivity index is 2.06. The fourth-order valence-corrected chi connectivity index (χ4v) is 1.98. The predicted octanol–water partition coefficient (Wildman–Crippen LogP) is 1.31. The summed E-state index contributed by atoms with van der Waals surface area (Å²) in [6, 6.07) is 0.426. The second-order valence-electron chi connectivity index (χ2n) is 5.32. The van der Waals surface area contributed by atoms with Crippen molar-refractivity contribution in [2.45, 2.75) is 52.2 Å². The topological polar surface area (TPSA) is 50.4 Å². The van der Waals surface area contributed by atoms with E-state index < -0.39 is 0 Å². The fourth-order valence-electron chi connectivity index (χ4n) is 1.98. The van der Waals surface area contributed by atoms with Gasteiger partial charge in [-0.25, -0.2) is 0 Å². The molecular formula is C13H26N2O2. The largest absolute Gasteiger partial charge is 0.378 e. The van der Waals surface area contributed by atoms with Crippen LogP contribution in [0.1, 0.15) is 40.0 Å². The molecule has 4 heteroatoms. The Morgan fingerprint density at radius 1 is 1.47 bits per heavy atom. The zero-order chi connectivity index (χ0) is 12.7. The lowest BCUT2D eigenvalue weighted by Gasteiger charge is -2.27. The summed E-state index contributed by atoms with van der Waals surface area (Å²) in [5.41, 5.74) is 0. The van der Waals surface area contributed by atoms with Crippen LogP contribution in [0.5, 0.6) is 0 Å². The van der Waals surface area contributed by atoms with Gasteiger partial charge in [0.05, 0.1) is 12.6 Å². The highest BCUT2D eigenvalue weighted by atomic mass is 16.5. The van der Waals surface area contributed by atoms with Crippen molar-refractivity contribution in [1.82, 2.24) is 10.6 Å². The third-order valence-corrected chi connectivity index (χ3v) is 3.08. The molecule has 100 valence electrons. The summed E-state index contributed by atoms with van der Waals surface area (Å²) in [6.45, 7) is 8.41. The molecule has 1 heterocycles. The van der Waals surface area contributed by atoms with Crippen LogP contribution in [0.2, 0.25) is 0 Å². The Bertz CT molecular complexity index is 231. The summed E-state index contributed by atoms with van der Waals surface area (Å²) in [6.07, 6.45) is 3.35. The molecule has 0 aromatic heterocycles. The minimum atomic E-state index is 0.102. The molecule has 0 saturated carbocycles. The van der Waals surface area contributed by atoms with E-state index in [9.17, 15) is 4.79 Å². The number of rotatable bonds is 6. The molecule has 2 N–H and O–H groups in total. The van der Waals surface area contributed by atoms with E-state index in [4.69, 9.17) is 4.74 Å². The lowest BCUT2D eigenvalue weighted by atomic mass is 10.0. The van der Waals surface area contributed by atoms with Crippen LogP contribution in [0.15, 0.2) is 0 Å². The summed E-state index contributed by atoms with van der Waals surface area (Å²) in [5.74, 6) is 0.740. The van der Waals surface area contributed by atoms with E-state index in [2.05, 4.69) is 31.4 Å². The number of carbonyl (C=O) groups is 1. The molecule has 0 spiro atoms.